The maximum absolute atomic E-state index is 13.7. The summed E-state index contributed by atoms with van der Waals surface area (Å²) in [5.41, 5.74) is 0.329. The molecule has 5 nitrogen and oxygen atoms in total. The van der Waals surface area contributed by atoms with Crippen molar-refractivity contribution in [2.24, 2.45) is 5.92 Å². The lowest BCUT2D eigenvalue weighted by Gasteiger charge is -2.35. The topological polar surface area (TPSA) is 49.9 Å². The van der Waals surface area contributed by atoms with Gasteiger partial charge in [-0.3, -0.25) is 9.59 Å². The lowest BCUT2D eigenvalue weighted by atomic mass is 9.94. The highest BCUT2D eigenvalue weighted by Gasteiger charge is 2.41. The van der Waals surface area contributed by atoms with Crippen LogP contribution in [0.4, 0.5) is 8.78 Å². The van der Waals surface area contributed by atoms with Crippen molar-refractivity contribution in [3.05, 3.63) is 35.4 Å². The monoisotopic (exact) mass is 366 g/mol. The van der Waals surface area contributed by atoms with Crippen LogP contribution in [0, 0.1) is 17.6 Å². The van der Waals surface area contributed by atoms with Crippen LogP contribution in [-0.2, 0) is 20.7 Å². The molecule has 2 bridgehead atoms. The highest BCUT2D eigenvalue weighted by atomic mass is 19.1. The number of piperidine rings is 1. The molecule has 0 aliphatic carbocycles. The average molecular weight is 366 g/mol. The summed E-state index contributed by atoms with van der Waals surface area (Å²) in [4.78, 5) is 28.8. The quantitative estimate of drug-likeness (QED) is 0.774. The Morgan fingerprint density at radius 1 is 1.27 bits per heavy atom. The Bertz CT molecular complexity index is 683. The predicted octanol–water partition coefficient (Wildman–Crippen LogP) is 1.99. The van der Waals surface area contributed by atoms with Crippen molar-refractivity contribution in [2.45, 2.75) is 31.7 Å². The molecule has 3 heterocycles. The molecule has 3 aliphatic rings. The van der Waals surface area contributed by atoms with Gasteiger partial charge < -0.3 is 14.5 Å². The number of rotatable bonds is 6. The molecule has 2 atom stereocenters. The number of amides is 2. The van der Waals surface area contributed by atoms with Crippen molar-refractivity contribution in [3.8, 4) is 0 Å². The summed E-state index contributed by atoms with van der Waals surface area (Å²) in [6, 6.07) is 3.42. The van der Waals surface area contributed by atoms with Crippen molar-refractivity contribution in [1.82, 2.24) is 9.80 Å². The molecule has 0 spiro atoms. The summed E-state index contributed by atoms with van der Waals surface area (Å²) < 4.78 is 31.8. The second kappa shape index (κ2) is 8.12. The van der Waals surface area contributed by atoms with Gasteiger partial charge in [0.2, 0.25) is 11.8 Å². The molecule has 0 aromatic heterocycles. The van der Waals surface area contributed by atoms with Gasteiger partial charge in [-0.25, -0.2) is 8.78 Å². The minimum atomic E-state index is -0.630. The molecule has 142 valence electrons. The molecule has 4 rings (SSSR count). The highest BCUT2D eigenvalue weighted by Crippen LogP contribution is 2.29. The molecule has 0 radical (unpaired) electrons. The van der Waals surface area contributed by atoms with Crippen molar-refractivity contribution < 1.29 is 23.1 Å². The van der Waals surface area contributed by atoms with Gasteiger partial charge in [0.25, 0.3) is 0 Å². The molecule has 0 unspecified atom stereocenters. The Hall–Kier alpha value is -2.02. The first-order chi connectivity index (χ1) is 12.5. The van der Waals surface area contributed by atoms with Crippen LogP contribution in [0.3, 0.4) is 0 Å². The van der Waals surface area contributed by atoms with Crippen LogP contribution in [-0.4, -0.2) is 61.0 Å². The van der Waals surface area contributed by atoms with Gasteiger partial charge in [0.15, 0.2) is 0 Å². The van der Waals surface area contributed by atoms with Crippen molar-refractivity contribution >= 4 is 11.8 Å². The third-order valence-corrected chi connectivity index (χ3v) is 5.31. The van der Waals surface area contributed by atoms with Crippen LogP contribution in [0.15, 0.2) is 18.2 Å². The van der Waals surface area contributed by atoms with E-state index in [4.69, 9.17) is 4.74 Å². The first-order valence-corrected chi connectivity index (χ1v) is 9.00. The van der Waals surface area contributed by atoms with Gasteiger partial charge in [0.05, 0.1) is 12.5 Å². The molecule has 1 aromatic rings. The van der Waals surface area contributed by atoms with E-state index in [0.29, 0.717) is 31.8 Å². The zero-order chi connectivity index (χ0) is 18.7. The van der Waals surface area contributed by atoms with Gasteiger partial charge in [-0.05, 0) is 30.9 Å². The summed E-state index contributed by atoms with van der Waals surface area (Å²) in [5.74, 6) is -1.42. The standard InChI is InChI=1S/C19H24F2N2O3/c1-26-9-8-23-16-6-3-14(19(23)25)11-22(12-16)18(24)7-4-13-2-5-15(20)10-17(13)21/h2,5,10,14,16H,3-4,6-9,11-12H2,1H3/t14-,16+/m0/s1. The Labute approximate surface area is 151 Å². The van der Waals surface area contributed by atoms with E-state index in [-0.39, 0.29) is 36.6 Å². The van der Waals surface area contributed by atoms with Gasteiger partial charge in [-0.15, -0.1) is 0 Å². The Balaban J connectivity index is 1.62. The predicted molar refractivity (Wildman–Crippen MR) is 91.4 cm³/mol. The molecule has 0 saturated carbocycles. The minimum Gasteiger partial charge on any atom is -0.383 e. The van der Waals surface area contributed by atoms with E-state index >= 15 is 0 Å². The lowest BCUT2D eigenvalue weighted by Crippen LogP contribution is -2.49. The van der Waals surface area contributed by atoms with E-state index in [1.165, 1.54) is 12.1 Å². The fraction of sp³-hybridized carbons (Fsp3) is 0.579. The number of fused-ring (bicyclic) bond motifs is 4. The zero-order valence-corrected chi connectivity index (χ0v) is 14.9. The normalized spacial score (nSPS) is 22.7. The smallest absolute Gasteiger partial charge is 0.227 e. The molecule has 3 aliphatic heterocycles. The van der Waals surface area contributed by atoms with Crippen LogP contribution >= 0.6 is 0 Å². The van der Waals surface area contributed by atoms with Gasteiger partial charge in [-0.1, -0.05) is 6.07 Å². The summed E-state index contributed by atoms with van der Waals surface area (Å²) in [6.07, 6.45) is 2.05. The summed E-state index contributed by atoms with van der Waals surface area (Å²) in [6.45, 7) is 1.95. The number of ether oxygens (including phenoxy) is 1. The van der Waals surface area contributed by atoms with Crippen LogP contribution < -0.4 is 0 Å². The van der Waals surface area contributed by atoms with E-state index < -0.39 is 11.6 Å². The third-order valence-electron chi connectivity index (χ3n) is 5.31. The second-order valence-electron chi connectivity index (χ2n) is 6.99. The molecule has 0 N–H and O–H groups in total. The number of methoxy groups -OCH3 is 1. The van der Waals surface area contributed by atoms with E-state index in [1.807, 2.05) is 4.90 Å². The largest absolute Gasteiger partial charge is 0.383 e. The first-order valence-electron chi connectivity index (χ1n) is 9.00. The molecule has 2 amide bonds. The molecule has 3 fully saturated rings. The number of hydrogen-bond acceptors (Lipinski definition) is 3. The molecule has 7 heteroatoms. The number of hydrogen-bond donors (Lipinski definition) is 0. The van der Waals surface area contributed by atoms with Gasteiger partial charge in [0, 0.05) is 45.3 Å². The Morgan fingerprint density at radius 3 is 2.81 bits per heavy atom. The number of halogens is 2. The second-order valence-corrected chi connectivity index (χ2v) is 6.99. The molecule has 1 aromatic carbocycles. The number of carbonyl (C=O) groups excluding carboxylic acids is 2. The van der Waals surface area contributed by atoms with E-state index in [9.17, 15) is 18.4 Å². The number of carbonyl (C=O) groups is 2. The van der Waals surface area contributed by atoms with E-state index in [0.717, 1.165) is 18.9 Å². The Morgan fingerprint density at radius 2 is 2.08 bits per heavy atom. The van der Waals surface area contributed by atoms with Gasteiger partial charge in [0.1, 0.15) is 11.6 Å². The average Bonchev–Trinajstić information content (AvgIpc) is 2.90. The number of nitrogens with zero attached hydrogens (tertiary/aromatic N) is 2. The Kier molecular flexibility index (Phi) is 5.86. The first kappa shape index (κ1) is 18.8. The molecule has 3 saturated heterocycles. The summed E-state index contributed by atoms with van der Waals surface area (Å²) in [7, 11) is 1.60. The van der Waals surface area contributed by atoms with Crippen LogP contribution in [0.25, 0.3) is 0 Å². The van der Waals surface area contributed by atoms with Crippen LogP contribution in [0.5, 0.6) is 0 Å². The van der Waals surface area contributed by atoms with Crippen LogP contribution in [0.1, 0.15) is 24.8 Å². The number of benzene rings is 1. The zero-order valence-electron chi connectivity index (χ0n) is 14.9. The van der Waals surface area contributed by atoms with Crippen molar-refractivity contribution in [3.63, 3.8) is 0 Å². The fourth-order valence-electron chi connectivity index (χ4n) is 3.85. The minimum absolute atomic E-state index is 0.0166. The third kappa shape index (κ3) is 4.03. The maximum atomic E-state index is 13.7. The highest BCUT2D eigenvalue weighted by molar-refractivity contribution is 5.83. The van der Waals surface area contributed by atoms with Gasteiger partial charge >= 0.3 is 0 Å². The molecular formula is C19H24F2N2O3. The SMILES string of the molecule is COCCN1C(=O)[C@H]2CC[C@@H]1CN(C(=O)CCc1ccc(F)cc1F)C2. The van der Waals surface area contributed by atoms with Crippen molar-refractivity contribution in [1.29, 1.82) is 0 Å². The van der Waals surface area contributed by atoms with E-state index in [2.05, 4.69) is 0 Å². The molecule has 26 heavy (non-hydrogen) atoms. The van der Waals surface area contributed by atoms with Gasteiger partial charge in [-0.2, -0.15) is 0 Å². The fourth-order valence-corrected chi connectivity index (χ4v) is 3.85. The van der Waals surface area contributed by atoms with Crippen LogP contribution in [0.2, 0.25) is 0 Å². The summed E-state index contributed by atoms with van der Waals surface area (Å²) >= 11 is 0. The maximum Gasteiger partial charge on any atom is 0.227 e. The van der Waals surface area contributed by atoms with E-state index in [1.54, 1.807) is 12.0 Å². The summed E-state index contributed by atoms with van der Waals surface area (Å²) in [5, 5.41) is 0. The molecular weight excluding hydrogens is 342 g/mol. The van der Waals surface area contributed by atoms with Crippen molar-refractivity contribution in [2.75, 3.05) is 33.4 Å². The lowest BCUT2D eigenvalue weighted by molar-refractivity contribution is -0.140. The number of aryl methyl sites for hydroxylation is 1.